The van der Waals surface area contributed by atoms with Gasteiger partial charge in [0, 0.05) is 12.2 Å². The first kappa shape index (κ1) is 8.54. The Balaban J connectivity index is 2.46. The number of alkyl halides is 1. The van der Waals surface area contributed by atoms with Crippen molar-refractivity contribution in [2.45, 2.75) is 25.9 Å². The third-order valence-corrected chi connectivity index (χ3v) is 2.56. The van der Waals surface area contributed by atoms with E-state index in [1.54, 1.807) is 6.92 Å². The van der Waals surface area contributed by atoms with E-state index in [4.69, 9.17) is 0 Å². The summed E-state index contributed by atoms with van der Waals surface area (Å²) >= 11 is 0. The van der Waals surface area contributed by atoms with E-state index in [1.807, 2.05) is 18.2 Å². The van der Waals surface area contributed by atoms with Gasteiger partial charge in [0.2, 0.25) is 0 Å². The molecule has 0 radical (unpaired) electrons. The molecule has 0 fully saturated rings. The maximum absolute atomic E-state index is 13.2. The van der Waals surface area contributed by atoms with Crippen molar-refractivity contribution in [3.05, 3.63) is 29.3 Å². The largest absolute Gasteiger partial charge is 0.385 e. The van der Waals surface area contributed by atoms with Gasteiger partial charge in [0.1, 0.15) is 6.17 Å². The van der Waals surface area contributed by atoms with Gasteiger partial charge in [-0.15, -0.1) is 0 Å². The van der Waals surface area contributed by atoms with E-state index in [1.165, 1.54) is 5.56 Å². The molecule has 0 aliphatic carbocycles. The van der Waals surface area contributed by atoms with Gasteiger partial charge in [0.05, 0.1) is 0 Å². The van der Waals surface area contributed by atoms with Crippen LogP contribution in [0.3, 0.4) is 0 Å². The average molecular weight is 179 g/mol. The van der Waals surface area contributed by atoms with Crippen molar-refractivity contribution in [3.63, 3.8) is 0 Å². The van der Waals surface area contributed by atoms with Crippen LogP contribution in [0.4, 0.5) is 10.1 Å². The van der Waals surface area contributed by atoms with Crippen LogP contribution in [0.25, 0.3) is 0 Å². The van der Waals surface area contributed by atoms with Crippen LogP contribution < -0.4 is 5.32 Å². The first-order valence-corrected chi connectivity index (χ1v) is 4.79. The minimum Gasteiger partial charge on any atom is -0.385 e. The van der Waals surface area contributed by atoms with E-state index in [2.05, 4.69) is 5.32 Å². The number of fused-ring (bicyclic) bond motifs is 1. The van der Waals surface area contributed by atoms with Gasteiger partial charge in [-0.25, -0.2) is 4.39 Å². The number of rotatable bonds is 1. The van der Waals surface area contributed by atoms with Gasteiger partial charge < -0.3 is 5.32 Å². The summed E-state index contributed by atoms with van der Waals surface area (Å²) in [6.45, 7) is 2.61. The minimum absolute atomic E-state index is 0.852. The Morgan fingerprint density at radius 3 is 3.08 bits per heavy atom. The lowest BCUT2D eigenvalue weighted by Gasteiger charge is -2.21. The number of hydrogen-bond donors (Lipinski definition) is 1. The van der Waals surface area contributed by atoms with Crippen LogP contribution in [-0.2, 0) is 6.42 Å². The molecule has 0 saturated heterocycles. The van der Waals surface area contributed by atoms with Gasteiger partial charge in [-0.3, -0.25) is 0 Å². The maximum atomic E-state index is 13.2. The molecule has 1 atom stereocenters. The molecule has 0 aromatic heterocycles. The minimum atomic E-state index is -0.852. The Morgan fingerprint density at radius 2 is 2.31 bits per heavy atom. The highest BCUT2D eigenvalue weighted by molar-refractivity contribution is 5.56. The fraction of sp³-hybridized carbons (Fsp3) is 0.455. The van der Waals surface area contributed by atoms with Gasteiger partial charge in [0.25, 0.3) is 0 Å². The van der Waals surface area contributed by atoms with E-state index < -0.39 is 6.17 Å². The Hall–Kier alpha value is -1.05. The molecule has 2 heteroatoms. The van der Waals surface area contributed by atoms with Gasteiger partial charge >= 0.3 is 0 Å². The van der Waals surface area contributed by atoms with Gasteiger partial charge in [-0.05, 0) is 37.0 Å². The zero-order valence-corrected chi connectivity index (χ0v) is 7.81. The first-order chi connectivity index (χ1) is 6.29. The summed E-state index contributed by atoms with van der Waals surface area (Å²) in [7, 11) is 0. The van der Waals surface area contributed by atoms with Gasteiger partial charge in [-0.1, -0.05) is 12.1 Å². The lowest BCUT2D eigenvalue weighted by atomic mass is 9.95. The van der Waals surface area contributed by atoms with Crippen LogP contribution in [0.1, 0.15) is 30.6 Å². The smallest absolute Gasteiger partial charge is 0.123 e. The number of nitrogens with one attached hydrogen (secondary N) is 1. The first-order valence-electron chi connectivity index (χ1n) is 4.79. The second-order valence-corrected chi connectivity index (χ2v) is 3.52. The molecule has 0 amide bonds. The Labute approximate surface area is 78.0 Å². The molecule has 70 valence electrons. The summed E-state index contributed by atoms with van der Waals surface area (Å²) in [4.78, 5) is 0. The predicted octanol–water partition coefficient (Wildman–Crippen LogP) is 3.08. The third-order valence-electron chi connectivity index (χ3n) is 2.56. The summed E-state index contributed by atoms with van der Waals surface area (Å²) in [5, 5.41) is 3.29. The van der Waals surface area contributed by atoms with Crippen LogP contribution in [0.15, 0.2) is 18.2 Å². The normalized spacial score (nSPS) is 17.4. The topological polar surface area (TPSA) is 12.0 Å². The lowest BCUT2D eigenvalue weighted by Crippen LogP contribution is -2.13. The molecule has 1 unspecified atom stereocenters. The molecule has 1 N–H and O–H groups in total. The highest BCUT2D eigenvalue weighted by atomic mass is 19.1. The SMILES string of the molecule is CC(F)c1cccc2c1CCCN2. The molecule has 0 bridgehead atoms. The molecular weight excluding hydrogens is 165 g/mol. The molecular formula is C11H14FN. The molecule has 1 heterocycles. The molecule has 13 heavy (non-hydrogen) atoms. The standard InChI is InChI=1S/C11H14FN/c1-8(12)9-4-2-6-11-10(9)5-3-7-13-11/h2,4,6,8,13H,3,5,7H2,1H3. The molecule has 1 aromatic carbocycles. The molecule has 1 aromatic rings. The summed E-state index contributed by atoms with van der Waals surface area (Å²) in [5.41, 5.74) is 3.14. The fourth-order valence-electron chi connectivity index (χ4n) is 1.91. The summed E-state index contributed by atoms with van der Waals surface area (Å²) in [6, 6.07) is 5.83. The second-order valence-electron chi connectivity index (χ2n) is 3.52. The summed E-state index contributed by atoms with van der Waals surface area (Å²) in [5.74, 6) is 0. The van der Waals surface area contributed by atoms with Crippen LogP contribution in [0.2, 0.25) is 0 Å². The highest BCUT2D eigenvalue weighted by Crippen LogP contribution is 2.30. The van der Waals surface area contributed by atoms with Crippen LogP contribution >= 0.6 is 0 Å². The molecule has 0 spiro atoms. The zero-order valence-electron chi connectivity index (χ0n) is 7.81. The molecule has 0 saturated carbocycles. The van der Waals surface area contributed by atoms with Crippen LogP contribution in [0.5, 0.6) is 0 Å². The number of hydrogen-bond acceptors (Lipinski definition) is 1. The van der Waals surface area contributed by atoms with E-state index in [0.29, 0.717) is 0 Å². The quantitative estimate of drug-likeness (QED) is 0.698. The molecule has 1 nitrogen and oxygen atoms in total. The van der Waals surface area contributed by atoms with E-state index in [0.717, 1.165) is 30.6 Å². The fourth-order valence-corrected chi connectivity index (χ4v) is 1.91. The number of anilines is 1. The van der Waals surface area contributed by atoms with Crippen molar-refractivity contribution in [2.75, 3.05) is 11.9 Å². The van der Waals surface area contributed by atoms with Crippen molar-refractivity contribution >= 4 is 5.69 Å². The van der Waals surface area contributed by atoms with Crippen LogP contribution in [0, 0.1) is 0 Å². The van der Waals surface area contributed by atoms with E-state index >= 15 is 0 Å². The van der Waals surface area contributed by atoms with Gasteiger partial charge in [0.15, 0.2) is 0 Å². The Bertz CT molecular complexity index is 307. The van der Waals surface area contributed by atoms with Gasteiger partial charge in [-0.2, -0.15) is 0 Å². The number of benzene rings is 1. The maximum Gasteiger partial charge on any atom is 0.123 e. The Morgan fingerprint density at radius 1 is 1.46 bits per heavy atom. The zero-order chi connectivity index (χ0) is 9.26. The highest BCUT2D eigenvalue weighted by Gasteiger charge is 2.15. The molecule has 1 aliphatic rings. The molecule has 2 rings (SSSR count). The van der Waals surface area contributed by atoms with Crippen molar-refractivity contribution in [2.24, 2.45) is 0 Å². The van der Waals surface area contributed by atoms with E-state index in [9.17, 15) is 4.39 Å². The van der Waals surface area contributed by atoms with Crippen molar-refractivity contribution in [1.29, 1.82) is 0 Å². The molecule has 1 aliphatic heterocycles. The summed E-state index contributed by atoms with van der Waals surface area (Å²) in [6.07, 6.45) is 1.26. The monoisotopic (exact) mass is 179 g/mol. The third kappa shape index (κ3) is 1.53. The van der Waals surface area contributed by atoms with Crippen molar-refractivity contribution in [3.8, 4) is 0 Å². The second kappa shape index (κ2) is 3.36. The lowest BCUT2D eigenvalue weighted by molar-refractivity contribution is 0.371. The Kier molecular flexibility index (Phi) is 2.21. The van der Waals surface area contributed by atoms with Crippen LogP contribution in [-0.4, -0.2) is 6.54 Å². The average Bonchev–Trinajstić information content (AvgIpc) is 2.17. The van der Waals surface area contributed by atoms with E-state index in [-0.39, 0.29) is 0 Å². The number of halogens is 1. The van der Waals surface area contributed by atoms with Crippen molar-refractivity contribution < 1.29 is 4.39 Å². The summed E-state index contributed by atoms with van der Waals surface area (Å²) < 4.78 is 13.2. The predicted molar refractivity (Wildman–Crippen MR) is 52.8 cm³/mol. The van der Waals surface area contributed by atoms with Crippen molar-refractivity contribution in [1.82, 2.24) is 0 Å².